The maximum absolute atomic E-state index is 10.5. The molecule has 3 N–H and O–H groups in total. The number of hydrogen-bond acceptors (Lipinski definition) is 6. The Morgan fingerprint density at radius 1 is 0.667 bits per heavy atom. The SMILES string of the molecule is O=c1n(O)c(=O)n(O)c(=O)n1O. The highest BCUT2D eigenvalue weighted by molar-refractivity contribution is 4.68. The van der Waals surface area contributed by atoms with Gasteiger partial charge in [-0.3, -0.25) is 0 Å². The van der Waals surface area contributed by atoms with Crippen LogP contribution in [0.3, 0.4) is 0 Å². The first-order chi connectivity index (χ1) is 5.46. The minimum Gasteiger partial charge on any atom is -0.420 e. The number of aromatic nitrogens is 3. The van der Waals surface area contributed by atoms with Gasteiger partial charge >= 0.3 is 17.1 Å². The molecule has 9 heteroatoms. The first-order valence-electron chi connectivity index (χ1n) is 2.55. The molecule has 0 spiro atoms. The molecule has 0 aromatic carbocycles. The normalized spacial score (nSPS) is 10.0. The second-order valence-corrected chi connectivity index (χ2v) is 1.78. The van der Waals surface area contributed by atoms with E-state index in [0.717, 1.165) is 0 Å². The lowest BCUT2D eigenvalue weighted by Gasteiger charge is -1.98. The van der Waals surface area contributed by atoms with Gasteiger partial charge in [0, 0.05) is 0 Å². The first kappa shape index (κ1) is 7.91. The standard InChI is InChI=1S/C3H3N3O6/c7-1-4(10)2(8)6(12)3(9)5(1)11/h10-12H. The van der Waals surface area contributed by atoms with Crippen LogP contribution in [0.25, 0.3) is 0 Å². The van der Waals surface area contributed by atoms with Crippen LogP contribution in [0.5, 0.6) is 0 Å². The van der Waals surface area contributed by atoms with E-state index in [4.69, 9.17) is 15.6 Å². The molecule has 1 aromatic rings. The van der Waals surface area contributed by atoms with Crippen molar-refractivity contribution in [3.8, 4) is 0 Å². The summed E-state index contributed by atoms with van der Waals surface area (Å²) >= 11 is 0. The molecule has 0 amide bonds. The number of hydrogen-bond donors (Lipinski definition) is 3. The summed E-state index contributed by atoms with van der Waals surface area (Å²) in [6.45, 7) is 0. The van der Waals surface area contributed by atoms with Gasteiger partial charge < -0.3 is 15.6 Å². The third kappa shape index (κ3) is 0.761. The highest BCUT2D eigenvalue weighted by Gasteiger charge is 2.12. The van der Waals surface area contributed by atoms with E-state index >= 15 is 0 Å². The molecule has 0 saturated heterocycles. The van der Waals surface area contributed by atoms with Gasteiger partial charge in [0.15, 0.2) is 0 Å². The zero-order chi connectivity index (χ0) is 9.46. The lowest BCUT2D eigenvalue weighted by molar-refractivity contribution is 0.0334. The molecular weight excluding hydrogens is 174 g/mol. The van der Waals surface area contributed by atoms with E-state index in [1.54, 1.807) is 0 Å². The van der Waals surface area contributed by atoms with Gasteiger partial charge in [0.05, 0.1) is 0 Å². The minimum absolute atomic E-state index is 0.624. The van der Waals surface area contributed by atoms with E-state index in [2.05, 4.69) is 0 Å². The van der Waals surface area contributed by atoms with Gasteiger partial charge in [-0.25, -0.2) is 14.4 Å². The fourth-order valence-electron chi connectivity index (χ4n) is 0.515. The summed E-state index contributed by atoms with van der Waals surface area (Å²) in [5, 5.41) is 25.5. The Hall–Kier alpha value is -2.19. The fourth-order valence-corrected chi connectivity index (χ4v) is 0.515. The van der Waals surface area contributed by atoms with Crippen molar-refractivity contribution in [1.82, 2.24) is 14.2 Å². The summed E-state index contributed by atoms with van der Waals surface area (Å²) in [7, 11) is 0. The Labute approximate surface area is 62.4 Å². The number of rotatable bonds is 0. The van der Waals surface area contributed by atoms with Crippen molar-refractivity contribution >= 4 is 0 Å². The van der Waals surface area contributed by atoms with Crippen molar-refractivity contribution < 1.29 is 15.6 Å². The molecule has 66 valence electrons. The molecule has 0 aliphatic heterocycles. The van der Waals surface area contributed by atoms with Crippen LogP contribution >= 0.6 is 0 Å². The fraction of sp³-hybridized carbons (Fsp3) is 0. The molecule has 9 nitrogen and oxygen atoms in total. The van der Waals surface area contributed by atoms with Crippen LogP contribution < -0.4 is 17.1 Å². The van der Waals surface area contributed by atoms with E-state index in [1.165, 1.54) is 0 Å². The van der Waals surface area contributed by atoms with Crippen LogP contribution in [-0.4, -0.2) is 29.8 Å². The first-order valence-corrected chi connectivity index (χ1v) is 2.55. The molecule has 0 saturated carbocycles. The van der Waals surface area contributed by atoms with E-state index in [0.29, 0.717) is 0 Å². The molecule has 0 aliphatic carbocycles. The summed E-state index contributed by atoms with van der Waals surface area (Å²) < 4.78 is -1.87. The highest BCUT2D eigenvalue weighted by Crippen LogP contribution is 1.56. The second-order valence-electron chi connectivity index (χ2n) is 1.78. The Balaban J connectivity index is 4.00. The van der Waals surface area contributed by atoms with Gasteiger partial charge in [0.2, 0.25) is 0 Å². The molecule has 0 aliphatic rings. The average molecular weight is 177 g/mol. The summed E-state index contributed by atoms with van der Waals surface area (Å²) in [5.41, 5.74) is -4.97. The second kappa shape index (κ2) is 2.15. The van der Waals surface area contributed by atoms with Gasteiger partial charge in [-0.2, -0.15) is 0 Å². The third-order valence-electron chi connectivity index (χ3n) is 1.09. The van der Waals surface area contributed by atoms with E-state index in [1.807, 2.05) is 0 Å². The minimum atomic E-state index is -1.66. The average Bonchev–Trinajstić information content (AvgIpc) is 2.08. The third-order valence-corrected chi connectivity index (χ3v) is 1.09. The molecule has 0 bridgehead atoms. The molecule has 0 radical (unpaired) electrons. The zero-order valence-electron chi connectivity index (χ0n) is 5.41. The lowest BCUT2D eigenvalue weighted by atomic mass is 11.0. The molecule has 0 fully saturated rings. The Morgan fingerprint density at radius 3 is 1.00 bits per heavy atom. The molecule has 1 rings (SSSR count). The largest absolute Gasteiger partial charge is 0.420 e. The Morgan fingerprint density at radius 2 is 0.833 bits per heavy atom. The van der Waals surface area contributed by atoms with Gasteiger partial charge in [-0.1, -0.05) is 14.2 Å². The maximum atomic E-state index is 10.5. The van der Waals surface area contributed by atoms with E-state index < -0.39 is 31.3 Å². The summed E-state index contributed by atoms with van der Waals surface area (Å²) in [6, 6.07) is 0. The predicted octanol–water partition coefficient (Wildman–Crippen LogP) is -3.12. The topological polar surface area (TPSA) is 127 Å². The quantitative estimate of drug-likeness (QED) is 0.360. The highest BCUT2D eigenvalue weighted by atomic mass is 16.6. The Bertz CT molecular complexity index is 375. The van der Waals surface area contributed by atoms with Gasteiger partial charge in [0.25, 0.3) is 0 Å². The molecule has 1 heterocycles. The molecule has 0 unspecified atom stereocenters. The molecule has 0 atom stereocenters. The zero-order valence-corrected chi connectivity index (χ0v) is 5.41. The molecular formula is C3H3N3O6. The lowest BCUT2D eigenvalue weighted by Crippen LogP contribution is -2.52. The molecule has 12 heavy (non-hydrogen) atoms. The summed E-state index contributed by atoms with van der Waals surface area (Å²) in [6.07, 6.45) is 0. The van der Waals surface area contributed by atoms with Crippen molar-refractivity contribution in [3.63, 3.8) is 0 Å². The van der Waals surface area contributed by atoms with E-state index in [-0.39, 0.29) is 0 Å². The van der Waals surface area contributed by atoms with E-state index in [9.17, 15) is 14.4 Å². The smallest absolute Gasteiger partial charge is 0.403 e. The summed E-state index contributed by atoms with van der Waals surface area (Å²) in [4.78, 5) is 31.4. The van der Waals surface area contributed by atoms with Crippen molar-refractivity contribution in [3.05, 3.63) is 31.5 Å². The molecule has 1 aromatic heterocycles. The van der Waals surface area contributed by atoms with Crippen molar-refractivity contribution in [2.24, 2.45) is 0 Å². The van der Waals surface area contributed by atoms with Crippen LogP contribution in [-0.2, 0) is 0 Å². The monoisotopic (exact) mass is 177 g/mol. The van der Waals surface area contributed by atoms with Gasteiger partial charge in [-0.15, -0.1) is 0 Å². The Kier molecular flexibility index (Phi) is 1.42. The summed E-state index contributed by atoms with van der Waals surface area (Å²) in [5.74, 6) is 0. The van der Waals surface area contributed by atoms with Crippen LogP contribution in [0.15, 0.2) is 14.4 Å². The van der Waals surface area contributed by atoms with Crippen molar-refractivity contribution in [1.29, 1.82) is 0 Å². The van der Waals surface area contributed by atoms with Gasteiger partial charge in [0.1, 0.15) is 0 Å². The number of nitrogens with zero attached hydrogens (tertiary/aromatic N) is 3. The van der Waals surface area contributed by atoms with Crippen LogP contribution in [0, 0.1) is 0 Å². The predicted molar refractivity (Wildman–Crippen MR) is 30.8 cm³/mol. The van der Waals surface area contributed by atoms with Crippen molar-refractivity contribution in [2.75, 3.05) is 0 Å². The van der Waals surface area contributed by atoms with Gasteiger partial charge in [-0.05, 0) is 0 Å². The van der Waals surface area contributed by atoms with Crippen molar-refractivity contribution in [2.45, 2.75) is 0 Å². The van der Waals surface area contributed by atoms with Crippen LogP contribution in [0.2, 0.25) is 0 Å². The van der Waals surface area contributed by atoms with Crippen LogP contribution in [0.4, 0.5) is 0 Å². The van der Waals surface area contributed by atoms with Crippen LogP contribution in [0.1, 0.15) is 0 Å². The maximum Gasteiger partial charge on any atom is 0.403 e.